The molecule has 27 heavy (non-hydrogen) atoms. The SMILES string of the molecule is COc1ccc(CNc2cc(C(=O)Nc3ccccc3)ccn2)cc1OC. The van der Waals surface area contributed by atoms with Gasteiger partial charge < -0.3 is 20.1 Å². The molecule has 0 radical (unpaired) electrons. The molecule has 0 atom stereocenters. The van der Waals surface area contributed by atoms with E-state index in [1.807, 2.05) is 48.5 Å². The molecule has 0 bridgehead atoms. The molecule has 0 aliphatic heterocycles. The second-order valence-electron chi connectivity index (χ2n) is 5.79. The molecule has 0 aliphatic rings. The summed E-state index contributed by atoms with van der Waals surface area (Å²) in [5, 5.41) is 6.08. The molecule has 1 heterocycles. The Kier molecular flexibility index (Phi) is 5.89. The van der Waals surface area contributed by atoms with Crippen molar-refractivity contribution in [2.75, 3.05) is 24.9 Å². The van der Waals surface area contributed by atoms with E-state index in [-0.39, 0.29) is 5.91 Å². The Morgan fingerprint density at radius 3 is 2.48 bits per heavy atom. The normalized spacial score (nSPS) is 10.1. The summed E-state index contributed by atoms with van der Waals surface area (Å²) in [5.74, 6) is 1.78. The van der Waals surface area contributed by atoms with Crippen LogP contribution in [0.4, 0.5) is 11.5 Å². The molecule has 3 rings (SSSR count). The van der Waals surface area contributed by atoms with Crippen molar-refractivity contribution in [2.45, 2.75) is 6.54 Å². The fourth-order valence-electron chi connectivity index (χ4n) is 2.58. The number of ether oxygens (including phenoxy) is 2. The van der Waals surface area contributed by atoms with Crippen LogP contribution in [0.1, 0.15) is 15.9 Å². The van der Waals surface area contributed by atoms with Crippen LogP contribution in [0.25, 0.3) is 0 Å². The van der Waals surface area contributed by atoms with Crippen LogP contribution in [-0.4, -0.2) is 25.1 Å². The van der Waals surface area contributed by atoms with Gasteiger partial charge in [-0.3, -0.25) is 4.79 Å². The minimum atomic E-state index is -0.183. The number of benzene rings is 2. The van der Waals surface area contributed by atoms with E-state index in [9.17, 15) is 4.79 Å². The van der Waals surface area contributed by atoms with Crippen molar-refractivity contribution in [3.63, 3.8) is 0 Å². The monoisotopic (exact) mass is 363 g/mol. The molecule has 0 spiro atoms. The maximum atomic E-state index is 12.4. The number of nitrogens with one attached hydrogen (secondary N) is 2. The van der Waals surface area contributed by atoms with Gasteiger partial charge in [0.25, 0.3) is 5.91 Å². The third kappa shape index (κ3) is 4.76. The van der Waals surface area contributed by atoms with E-state index in [1.54, 1.807) is 32.5 Å². The zero-order chi connectivity index (χ0) is 19.1. The molecule has 0 aliphatic carbocycles. The van der Waals surface area contributed by atoms with E-state index in [4.69, 9.17) is 9.47 Å². The molecule has 6 heteroatoms. The van der Waals surface area contributed by atoms with Gasteiger partial charge >= 0.3 is 0 Å². The van der Waals surface area contributed by atoms with E-state index in [2.05, 4.69) is 15.6 Å². The van der Waals surface area contributed by atoms with E-state index < -0.39 is 0 Å². The lowest BCUT2D eigenvalue weighted by Crippen LogP contribution is -2.12. The number of rotatable bonds is 7. The highest BCUT2D eigenvalue weighted by atomic mass is 16.5. The van der Waals surface area contributed by atoms with Crippen LogP contribution in [0.2, 0.25) is 0 Å². The predicted octanol–water partition coefficient (Wildman–Crippen LogP) is 3.96. The number of anilines is 2. The van der Waals surface area contributed by atoms with Gasteiger partial charge in [-0.25, -0.2) is 4.98 Å². The molecule has 0 saturated heterocycles. The fraction of sp³-hybridized carbons (Fsp3) is 0.143. The summed E-state index contributed by atoms with van der Waals surface area (Å²) in [7, 11) is 3.21. The maximum Gasteiger partial charge on any atom is 0.255 e. The molecule has 138 valence electrons. The highest BCUT2D eigenvalue weighted by Crippen LogP contribution is 2.27. The largest absolute Gasteiger partial charge is 0.493 e. The highest BCUT2D eigenvalue weighted by Gasteiger charge is 2.08. The van der Waals surface area contributed by atoms with Crippen molar-refractivity contribution in [1.82, 2.24) is 4.98 Å². The van der Waals surface area contributed by atoms with Crippen molar-refractivity contribution in [3.8, 4) is 11.5 Å². The zero-order valence-electron chi connectivity index (χ0n) is 15.2. The predicted molar refractivity (Wildman–Crippen MR) is 106 cm³/mol. The van der Waals surface area contributed by atoms with Gasteiger partial charge in [-0.1, -0.05) is 24.3 Å². The van der Waals surface area contributed by atoms with E-state index in [1.165, 1.54) is 0 Å². The minimum absolute atomic E-state index is 0.183. The molecule has 2 aromatic carbocycles. The quantitative estimate of drug-likeness (QED) is 0.665. The lowest BCUT2D eigenvalue weighted by atomic mass is 10.2. The first-order chi connectivity index (χ1) is 13.2. The van der Waals surface area contributed by atoms with Gasteiger partial charge in [0.15, 0.2) is 11.5 Å². The lowest BCUT2D eigenvalue weighted by molar-refractivity contribution is 0.102. The number of amides is 1. The van der Waals surface area contributed by atoms with Crippen LogP contribution in [0.5, 0.6) is 11.5 Å². The first kappa shape index (κ1) is 18.3. The number of pyridine rings is 1. The van der Waals surface area contributed by atoms with E-state index in [0.717, 1.165) is 11.3 Å². The number of methoxy groups -OCH3 is 2. The molecule has 0 fully saturated rings. The fourth-order valence-corrected chi connectivity index (χ4v) is 2.58. The first-order valence-electron chi connectivity index (χ1n) is 8.47. The zero-order valence-corrected chi connectivity index (χ0v) is 15.2. The smallest absolute Gasteiger partial charge is 0.255 e. The first-order valence-corrected chi connectivity index (χ1v) is 8.47. The third-order valence-corrected chi connectivity index (χ3v) is 3.98. The molecule has 0 saturated carbocycles. The molecular weight excluding hydrogens is 342 g/mol. The second-order valence-corrected chi connectivity index (χ2v) is 5.79. The summed E-state index contributed by atoms with van der Waals surface area (Å²) in [6.07, 6.45) is 1.61. The Morgan fingerprint density at radius 2 is 1.74 bits per heavy atom. The molecule has 3 aromatic rings. The number of aromatic nitrogens is 1. The number of para-hydroxylation sites is 1. The van der Waals surface area contributed by atoms with Gasteiger partial charge in [0.1, 0.15) is 5.82 Å². The van der Waals surface area contributed by atoms with Gasteiger partial charge in [-0.2, -0.15) is 0 Å². The third-order valence-electron chi connectivity index (χ3n) is 3.98. The number of hydrogen-bond donors (Lipinski definition) is 2. The summed E-state index contributed by atoms with van der Waals surface area (Å²) in [6, 6.07) is 18.4. The van der Waals surface area contributed by atoms with Crippen LogP contribution in [0.15, 0.2) is 66.9 Å². The van der Waals surface area contributed by atoms with E-state index in [0.29, 0.717) is 29.4 Å². The van der Waals surface area contributed by atoms with Crippen molar-refractivity contribution < 1.29 is 14.3 Å². The molecule has 1 aromatic heterocycles. The minimum Gasteiger partial charge on any atom is -0.493 e. The van der Waals surface area contributed by atoms with Crippen molar-refractivity contribution >= 4 is 17.4 Å². The van der Waals surface area contributed by atoms with Crippen LogP contribution in [0.3, 0.4) is 0 Å². The van der Waals surface area contributed by atoms with Crippen molar-refractivity contribution in [2.24, 2.45) is 0 Å². The number of hydrogen-bond acceptors (Lipinski definition) is 5. The topological polar surface area (TPSA) is 72.5 Å². The number of nitrogens with zero attached hydrogens (tertiary/aromatic N) is 1. The summed E-state index contributed by atoms with van der Waals surface area (Å²) in [5.41, 5.74) is 2.29. The van der Waals surface area contributed by atoms with Crippen molar-refractivity contribution in [1.29, 1.82) is 0 Å². The average Bonchev–Trinajstić information content (AvgIpc) is 2.73. The van der Waals surface area contributed by atoms with Gasteiger partial charge in [-0.05, 0) is 42.0 Å². The highest BCUT2D eigenvalue weighted by molar-refractivity contribution is 6.04. The van der Waals surface area contributed by atoms with Crippen molar-refractivity contribution in [3.05, 3.63) is 78.0 Å². The average molecular weight is 363 g/mol. The Morgan fingerprint density at radius 1 is 0.963 bits per heavy atom. The Hall–Kier alpha value is -3.54. The van der Waals surface area contributed by atoms with Crippen LogP contribution in [0, 0.1) is 0 Å². The van der Waals surface area contributed by atoms with Gasteiger partial charge in [0.05, 0.1) is 14.2 Å². The second kappa shape index (κ2) is 8.71. The van der Waals surface area contributed by atoms with Gasteiger partial charge in [-0.15, -0.1) is 0 Å². The molecule has 2 N–H and O–H groups in total. The standard InChI is InChI=1S/C21H21N3O3/c1-26-18-9-8-15(12-19(18)27-2)14-23-20-13-16(10-11-22-20)21(25)24-17-6-4-3-5-7-17/h3-13H,14H2,1-2H3,(H,22,23)(H,24,25). The Labute approximate surface area is 158 Å². The van der Waals surface area contributed by atoms with Crippen LogP contribution < -0.4 is 20.1 Å². The molecule has 1 amide bonds. The number of carbonyl (C=O) groups excluding carboxylic acids is 1. The lowest BCUT2D eigenvalue weighted by Gasteiger charge is -2.11. The summed E-state index contributed by atoms with van der Waals surface area (Å²) < 4.78 is 10.6. The number of carbonyl (C=O) groups is 1. The summed E-state index contributed by atoms with van der Waals surface area (Å²) >= 11 is 0. The van der Waals surface area contributed by atoms with Crippen LogP contribution >= 0.6 is 0 Å². The Bertz CT molecular complexity index is 914. The summed E-state index contributed by atoms with van der Waals surface area (Å²) in [4.78, 5) is 16.7. The molecule has 6 nitrogen and oxygen atoms in total. The van der Waals surface area contributed by atoms with Gasteiger partial charge in [0, 0.05) is 24.0 Å². The van der Waals surface area contributed by atoms with Gasteiger partial charge in [0.2, 0.25) is 0 Å². The summed E-state index contributed by atoms with van der Waals surface area (Å²) in [6.45, 7) is 0.539. The Balaban J connectivity index is 1.66. The van der Waals surface area contributed by atoms with E-state index >= 15 is 0 Å². The maximum absolute atomic E-state index is 12.4. The van der Waals surface area contributed by atoms with Crippen LogP contribution in [-0.2, 0) is 6.54 Å². The molecule has 0 unspecified atom stereocenters. The molecular formula is C21H21N3O3.